The molecule has 0 bridgehead atoms. The normalized spacial score (nSPS) is 10.4. The van der Waals surface area contributed by atoms with Gasteiger partial charge >= 0.3 is 11.9 Å². The number of hydrogen-bond donors (Lipinski definition) is 0. The second kappa shape index (κ2) is 8.23. The smallest absolute Gasteiger partial charge is 0.343 e. The van der Waals surface area contributed by atoms with Gasteiger partial charge in [0, 0.05) is 18.9 Å². The van der Waals surface area contributed by atoms with E-state index < -0.39 is 17.4 Å². The molecule has 25 heavy (non-hydrogen) atoms. The summed E-state index contributed by atoms with van der Waals surface area (Å²) in [6, 6.07) is 5.75. The van der Waals surface area contributed by atoms with Gasteiger partial charge in [0.1, 0.15) is 16.9 Å². The van der Waals surface area contributed by atoms with E-state index in [9.17, 15) is 18.8 Å². The molecule has 0 fully saturated rings. The first-order valence-corrected chi connectivity index (χ1v) is 7.79. The van der Waals surface area contributed by atoms with Crippen LogP contribution >= 0.6 is 0 Å². The van der Waals surface area contributed by atoms with Gasteiger partial charge in [-0.2, -0.15) is 0 Å². The molecule has 132 valence electrons. The Morgan fingerprint density at radius 3 is 1.88 bits per heavy atom. The van der Waals surface area contributed by atoms with Gasteiger partial charge in [0.25, 0.3) is 0 Å². The molecule has 0 unspecified atom stereocenters. The van der Waals surface area contributed by atoms with Crippen LogP contribution in [0.25, 0.3) is 0 Å². The zero-order valence-electron chi connectivity index (χ0n) is 14.0. The highest BCUT2D eigenvalue weighted by molar-refractivity contribution is 5.94. The third kappa shape index (κ3) is 4.53. The molecule has 0 N–H and O–H groups in total. The van der Waals surface area contributed by atoms with Crippen LogP contribution in [0.4, 0.5) is 4.39 Å². The van der Waals surface area contributed by atoms with Crippen LogP contribution in [0.2, 0.25) is 0 Å². The van der Waals surface area contributed by atoms with Crippen molar-refractivity contribution in [2.24, 2.45) is 0 Å². The number of benzene rings is 1. The van der Waals surface area contributed by atoms with E-state index >= 15 is 0 Å². The van der Waals surface area contributed by atoms with Crippen molar-refractivity contribution in [3.05, 3.63) is 69.4 Å². The van der Waals surface area contributed by atoms with E-state index in [-0.39, 0.29) is 36.7 Å². The molecule has 0 atom stereocenters. The van der Waals surface area contributed by atoms with E-state index in [2.05, 4.69) is 0 Å². The summed E-state index contributed by atoms with van der Waals surface area (Å²) in [7, 11) is 0. The van der Waals surface area contributed by atoms with Crippen molar-refractivity contribution in [2.75, 3.05) is 13.2 Å². The summed E-state index contributed by atoms with van der Waals surface area (Å²) < 4.78 is 24.3. The SMILES string of the molecule is CCOC(=O)c1cn(Cc2ccc(F)cc2)cc(C(=O)OCC)c1=O. The molecule has 0 saturated carbocycles. The minimum absolute atomic E-state index is 0.0971. The van der Waals surface area contributed by atoms with Crippen LogP contribution in [0, 0.1) is 5.82 Å². The van der Waals surface area contributed by atoms with Crippen LogP contribution in [0.15, 0.2) is 41.5 Å². The fourth-order valence-electron chi connectivity index (χ4n) is 2.23. The van der Waals surface area contributed by atoms with Crippen LogP contribution in [-0.4, -0.2) is 29.7 Å². The summed E-state index contributed by atoms with van der Waals surface area (Å²) in [5.74, 6) is -2.00. The van der Waals surface area contributed by atoms with Crippen LogP contribution in [0.5, 0.6) is 0 Å². The van der Waals surface area contributed by atoms with Gasteiger partial charge in [-0.1, -0.05) is 12.1 Å². The number of carbonyl (C=O) groups is 2. The molecule has 2 rings (SSSR count). The summed E-state index contributed by atoms with van der Waals surface area (Å²) >= 11 is 0. The summed E-state index contributed by atoms with van der Waals surface area (Å²) in [5.41, 5.74) is -0.522. The number of esters is 2. The van der Waals surface area contributed by atoms with E-state index in [0.717, 1.165) is 5.56 Å². The van der Waals surface area contributed by atoms with E-state index in [1.807, 2.05) is 0 Å². The Labute approximate surface area is 143 Å². The zero-order chi connectivity index (χ0) is 18.4. The molecule has 1 aromatic heterocycles. The molecule has 0 amide bonds. The predicted molar refractivity (Wildman–Crippen MR) is 88.1 cm³/mol. The van der Waals surface area contributed by atoms with Crippen molar-refractivity contribution >= 4 is 11.9 Å². The van der Waals surface area contributed by atoms with Gasteiger partial charge in [0.15, 0.2) is 0 Å². The molecule has 2 aromatic rings. The summed E-state index contributed by atoms with van der Waals surface area (Å²) in [4.78, 5) is 36.4. The lowest BCUT2D eigenvalue weighted by Crippen LogP contribution is -2.27. The van der Waals surface area contributed by atoms with E-state index in [4.69, 9.17) is 9.47 Å². The first-order chi connectivity index (χ1) is 12.0. The van der Waals surface area contributed by atoms with Crippen molar-refractivity contribution in [2.45, 2.75) is 20.4 Å². The van der Waals surface area contributed by atoms with Crippen LogP contribution in [-0.2, 0) is 16.0 Å². The summed E-state index contributed by atoms with van der Waals surface area (Å²) in [6.07, 6.45) is 2.62. The van der Waals surface area contributed by atoms with E-state index in [1.54, 1.807) is 26.0 Å². The predicted octanol–water partition coefficient (Wildman–Crippen LogP) is 2.39. The molecule has 1 heterocycles. The number of hydrogen-bond acceptors (Lipinski definition) is 5. The maximum absolute atomic E-state index is 13.0. The molecule has 0 aliphatic heterocycles. The minimum Gasteiger partial charge on any atom is -0.462 e. The lowest BCUT2D eigenvalue weighted by atomic mass is 10.1. The molecule has 1 aromatic carbocycles. The van der Waals surface area contributed by atoms with E-state index in [0.29, 0.717) is 0 Å². The topological polar surface area (TPSA) is 74.6 Å². The van der Waals surface area contributed by atoms with Gasteiger partial charge < -0.3 is 14.0 Å². The first kappa shape index (κ1) is 18.4. The Morgan fingerprint density at radius 1 is 0.960 bits per heavy atom. The third-order valence-corrected chi connectivity index (χ3v) is 3.35. The Balaban J connectivity index is 2.47. The maximum atomic E-state index is 13.0. The molecule has 0 saturated heterocycles. The number of carbonyl (C=O) groups excluding carboxylic acids is 2. The van der Waals surface area contributed by atoms with Gasteiger partial charge in [-0.05, 0) is 31.5 Å². The molecule has 0 aliphatic rings. The average molecular weight is 347 g/mol. The monoisotopic (exact) mass is 347 g/mol. The van der Waals surface area contributed by atoms with Crippen molar-refractivity contribution in [1.29, 1.82) is 0 Å². The lowest BCUT2D eigenvalue weighted by Gasteiger charge is -2.11. The van der Waals surface area contributed by atoms with Crippen molar-refractivity contribution in [3.63, 3.8) is 0 Å². The third-order valence-electron chi connectivity index (χ3n) is 3.35. The highest BCUT2D eigenvalue weighted by Gasteiger charge is 2.21. The minimum atomic E-state index is -0.813. The van der Waals surface area contributed by atoms with Crippen LogP contribution in [0.1, 0.15) is 40.1 Å². The summed E-state index contributed by atoms with van der Waals surface area (Å²) in [5, 5.41) is 0. The largest absolute Gasteiger partial charge is 0.462 e. The van der Waals surface area contributed by atoms with Crippen molar-refractivity contribution in [3.8, 4) is 0 Å². The van der Waals surface area contributed by atoms with Gasteiger partial charge in [-0.3, -0.25) is 4.79 Å². The second-order valence-corrected chi connectivity index (χ2v) is 5.15. The number of halogens is 1. The Kier molecular flexibility index (Phi) is 6.05. The average Bonchev–Trinajstić information content (AvgIpc) is 2.58. The fourth-order valence-corrected chi connectivity index (χ4v) is 2.23. The molecule has 0 aliphatic carbocycles. The zero-order valence-corrected chi connectivity index (χ0v) is 14.0. The number of pyridine rings is 1. The van der Waals surface area contributed by atoms with E-state index in [1.165, 1.54) is 29.1 Å². The first-order valence-electron chi connectivity index (χ1n) is 7.79. The van der Waals surface area contributed by atoms with Gasteiger partial charge in [0.2, 0.25) is 5.43 Å². The molecular formula is C18H18FNO5. The number of aromatic nitrogens is 1. The van der Waals surface area contributed by atoms with Gasteiger partial charge in [0.05, 0.1) is 13.2 Å². The standard InChI is InChI=1S/C18H18FNO5/c1-3-24-17(22)14-10-20(9-12-5-7-13(19)8-6-12)11-15(16(14)21)18(23)25-4-2/h5-8,10-11H,3-4,9H2,1-2H3. The van der Waals surface area contributed by atoms with Crippen molar-refractivity contribution < 1.29 is 23.5 Å². The quantitative estimate of drug-likeness (QED) is 0.750. The number of nitrogens with zero attached hydrogens (tertiary/aromatic N) is 1. The van der Waals surface area contributed by atoms with Crippen molar-refractivity contribution in [1.82, 2.24) is 4.57 Å². The number of ether oxygens (including phenoxy) is 2. The van der Waals surface area contributed by atoms with Gasteiger partial charge in [-0.25, -0.2) is 14.0 Å². The van der Waals surface area contributed by atoms with Crippen LogP contribution in [0.3, 0.4) is 0 Å². The second-order valence-electron chi connectivity index (χ2n) is 5.15. The molecule has 0 radical (unpaired) electrons. The Bertz CT molecular complexity index is 784. The fraction of sp³-hybridized carbons (Fsp3) is 0.278. The molecule has 6 nitrogen and oxygen atoms in total. The molecule has 0 spiro atoms. The maximum Gasteiger partial charge on any atom is 0.343 e. The lowest BCUT2D eigenvalue weighted by molar-refractivity contribution is 0.0520. The highest BCUT2D eigenvalue weighted by Crippen LogP contribution is 2.08. The Hall–Kier alpha value is -2.96. The summed E-state index contributed by atoms with van der Waals surface area (Å²) in [6.45, 7) is 3.66. The van der Waals surface area contributed by atoms with Gasteiger partial charge in [-0.15, -0.1) is 0 Å². The highest BCUT2D eigenvalue weighted by atomic mass is 19.1. The number of rotatable bonds is 6. The molecular weight excluding hydrogens is 329 g/mol. The molecule has 7 heteroatoms. The van der Waals surface area contributed by atoms with Crippen LogP contribution < -0.4 is 5.43 Å². The Morgan fingerprint density at radius 2 is 1.44 bits per heavy atom.